The Morgan fingerprint density at radius 3 is 2.31 bits per heavy atom. The van der Waals surface area contributed by atoms with Crippen molar-refractivity contribution in [3.05, 3.63) is 28.3 Å². The molecule has 0 aliphatic carbocycles. The Morgan fingerprint density at radius 1 is 1.31 bits per heavy atom. The van der Waals surface area contributed by atoms with E-state index >= 15 is 0 Å². The topological polar surface area (TPSA) is 46.5 Å². The van der Waals surface area contributed by atoms with Gasteiger partial charge in [-0.25, -0.2) is 0 Å². The van der Waals surface area contributed by atoms with Crippen LogP contribution in [0.3, 0.4) is 0 Å². The maximum Gasteiger partial charge on any atom is 0.194 e. The zero-order valence-corrected chi connectivity index (χ0v) is 10.4. The summed E-state index contributed by atoms with van der Waals surface area (Å²) in [6, 6.07) is 1.94. The van der Waals surface area contributed by atoms with Crippen molar-refractivity contribution in [1.29, 1.82) is 0 Å². The first-order valence-electron chi connectivity index (χ1n) is 5.27. The van der Waals surface area contributed by atoms with Gasteiger partial charge in [0, 0.05) is 0 Å². The molecular formula is C13H18O3. The lowest BCUT2D eigenvalue weighted by molar-refractivity contribution is 0.0775. The van der Waals surface area contributed by atoms with Crippen LogP contribution in [-0.4, -0.2) is 24.1 Å². The van der Waals surface area contributed by atoms with Gasteiger partial charge in [-0.2, -0.15) is 0 Å². The first-order valence-corrected chi connectivity index (χ1v) is 5.27. The lowest BCUT2D eigenvalue weighted by atomic mass is 9.94. The van der Waals surface area contributed by atoms with E-state index in [2.05, 4.69) is 0 Å². The van der Waals surface area contributed by atoms with Crippen LogP contribution in [0.1, 0.15) is 34.0 Å². The van der Waals surface area contributed by atoms with E-state index in [1.54, 1.807) is 7.11 Å². The maximum atomic E-state index is 11.9. The first kappa shape index (κ1) is 12.7. The zero-order chi connectivity index (χ0) is 12.5. The largest absolute Gasteiger partial charge is 0.496 e. The average Bonchev–Trinajstić information content (AvgIpc) is 2.21. The molecular weight excluding hydrogens is 204 g/mol. The minimum absolute atomic E-state index is 0.294. The number of ether oxygens (including phenoxy) is 1. The van der Waals surface area contributed by atoms with Crippen LogP contribution in [0.5, 0.6) is 5.75 Å². The van der Waals surface area contributed by atoms with Gasteiger partial charge >= 0.3 is 0 Å². The van der Waals surface area contributed by atoms with Crippen LogP contribution >= 0.6 is 0 Å². The second-order valence-electron chi connectivity index (χ2n) is 4.08. The summed E-state index contributed by atoms with van der Waals surface area (Å²) in [5.74, 6) is 0.279. The number of carbonyl (C=O) groups is 1. The molecule has 1 N–H and O–H groups in total. The highest BCUT2D eigenvalue weighted by Gasteiger charge is 2.21. The highest BCUT2D eigenvalue weighted by atomic mass is 16.5. The Hall–Kier alpha value is -1.35. The van der Waals surface area contributed by atoms with Crippen LogP contribution in [0.25, 0.3) is 0 Å². The molecule has 1 aromatic carbocycles. The second kappa shape index (κ2) is 4.66. The highest BCUT2D eigenvalue weighted by molar-refractivity contribution is 6.03. The molecule has 0 amide bonds. The molecule has 0 aliphatic rings. The van der Waals surface area contributed by atoms with Crippen molar-refractivity contribution in [2.24, 2.45) is 0 Å². The van der Waals surface area contributed by atoms with Gasteiger partial charge in [0.15, 0.2) is 5.78 Å². The fraction of sp³-hybridized carbons (Fsp3) is 0.462. The number of aliphatic hydroxyl groups excluding tert-OH is 1. The standard InChI is InChI=1S/C13H18O3/c1-7-6-8(2)11(12(15)10(4)14)13(16-5)9(7)3/h6,10,14H,1-5H3. The number of benzene rings is 1. The molecule has 0 bridgehead atoms. The monoisotopic (exact) mass is 222 g/mol. The van der Waals surface area contributed by atoms with Crippen molar-refractivity contribution < 1.29 is 14.6 Å². The van der Waals surface area contributed by atoms with E-state index < -0.39 is 6.10 Å². The molecule has 3 heteroatoms. The Labute approximate surface area is 96.1 Å². The smallest absolute Gasteiger partial charge is 0.194 e. The third-order valence-corrected chi connectivity index (χ3v) is 2.82. The molecule has 1 aromatic rings. The molecule has 1 atom stereocenters. The summed E-state index contributed by atoms with van der Waals surface area (Å²) in [7, 11) is 1.54. The zero-order valence-electron chi connectivity index (χ0n) is 10.4. The van der Waals surface area contributed by atoms with E-state index in [-0.39, 0.29) is 5.78 Å². The van der Waals surface area contributed by atoms with Crippen LogP contribution in [0.2, 0.25) is 0 Å². The second-order valence-corrected chi connectivity index (χ2v) is 4.08. The van der Waals surface area contributed by atoms with E-state index in [0.29, 0.717) is 11.3 Å². The summed E-state index contributed by atoms with van der Waals surface area (Å²) in [5.41, 5.74) is 3.35. The van der Waals surface area contributed by atoms with Crippen molar-refractivity contribution in [3.63, 3.8) is 0 Å². The molecule has 88 valence electrons. The van der Waals surface area contributed by atoms with Gasteiger partial charge in [-0.05, 0) is 44.4 Å². The number of rotatable bonds is 3. The Balaban J connectivity index is 3.49. The molecule has 0 radical (unpaired) electrons. The average molecular weight is 222 g/mol. The van der Waals surface area contributed by atoms with Crippen molar-refractivity contribution in [2.75, 3.05) is 7.11 Å². The van der Waals surface area contributed by atoms with Crippen molar-refractivity contribution in [2.45, 2.75) is 33.8 Å². The van der Waals surface area contributed by atoms with Crippen molar-refractivity contribution in [1.82, 2.24) is 0 Å². The predicted molar refractivity (Wildman–Crippen MR) is 63.2 cm³/mol. The number of carbonyl (C=O) groups excluding carboxylic acids is 1. The normalized spacial score (nSPS) is 12.4. The predicted octanol–water partition coefficient (Wildman–Crippen LogP) is 2.18. The minimum Gasteiger partial charge on any atom is -0.496 e. The van der Waals surface area contributed by atoms with E-state index in [4.69, 9.17) is 4.74 Å². The van der Waals surface area contributed by atoms with E-state index in [0.717, 1.165) is 16.7 Å². The summed E-state index contributed by atoms with van der Waals surface area (Å²) >= 11 is 0. The molecule has 0 saturated heterocycles. The number of aliphatic hydroxyl groups is 1. The Morgan fingerprint density at radius 2 is 1.88 bits per heavy atom. The van der Waals surface area contributed by atoms with Crippen LogP contribution in [0, 0.1) is 20.8 Å². The number of methoxy groups -OCH3 is 1. The van der Waals surface area contributed by atoms with Crippen molar-refractivity contribution >= 4 is 5.78 Å². The van der Waals surface area contributed by atoms with Gasteiger partial charge in [-0.1, -0.05) is 6.07 Å². The summed E-state index contributed by atoms with van der Waals surface area (Å²) in [6.45, 7) is 7.20. The van der Waals surface area contributed by atoms with Crippen LogP contribution in [0.15, 0.2) is 6.07 Å². The van der Waals surface area contributed by atoms with Gasteiger partial charge in [0.05, 0.1) is 12.7 Å². The lowest BCUT2D eigenvalue weighted by Gasteiger charge is -2.16. The van der Waals surface area contributed by atoms with Gasteiger partial charge in [-0.15, -0.1) is 0 Å². The summed E-state index contributed by atoms with van der Waals surface area (Å²) in [6.07, 6.45) is -1.00. The number of hydrogen-bond acceptors (Lipinski definition) is 3. The van der Waals surface area contributed by atoms with Gasteiger partial charge in [0.2, 0.25) is 0 Å². The minimum atomic E-state index is -1.00. The number of hydrogen-bond donors (Lipinski definition) is 1. The molecule has 0 fully saturated rings. The third kappa shape index (κ3) is 2.09. The summed E-state index contributed by atoms with van der Waals surface area (Å²) in [4.78, 5) is 11.9. The molecule has 0 heterocycles. The third-order valence-electron chi connectivity index (χ3n) is 2.82. The number of Topliss-reactive ketones (excluding diaryl/α,β-unsaturated/α-hetero) is 1. The molecule has 0 aromatic heterocycles. The quantitative estimate of drug-likeness (QED) is 0.797. The lowest BCUT2D eigenvalue weighted by Crippen LogP contribution is -2.19. The van der Waals surface area contributed by atoms with Crippen molar-refractivity contribution in [3.8, 4) is 5.75 Å². The molecule has 1 unspecified atom stereocenters. The molecule has 3 nitrogen and oxygen atoms in total. The summed E-state index contributed by atoms with van der Waals surface area (Å²) in [5, 5.41) is 9.37. The maximum absolute atomic E-state index is 11.9. The fourth-order valence-corrected chi connectivity index (χ4v) is 1.82. The van der Waals surface area contributed by atoms with E-state index in [1.165, 1.54) is 6.92 Å². The van der Waals surface area contributed by atoms with Gasteiger partial charge in [0.25, 0.3) is 0 Å². The first-order chi connectivity index (χ1) is 7.40. The molecule has 16 heavy (non-hydrogen) atoms. The SMILES string of the molecule is COc1c(C)c(C)cc(C)c1C(=O)C(C)O. The summed E-state index contributed by atoms with van der Waals surface area (Å²) < 4.78 is 5.28. The highest BCUT2D eigenvalue weighted by Crippen LogP contribution is 2.30. The van der Waals surface area contributed by atoms with E-state index in [9.17, 15) is 9.90 Å². The molecule has 0 spiro atoms. The van der Waals surface area contributed by atoms with E-state index in [1.807, 2.05) is 26.8 Å². The van der Waals surface area contributed by atoms with Gasteiger partial charge in [-0.3, -0.25) is 4.79 Å². The number of aryl methyl sites for hydroxylation is 2. The van der Waals surface area contributed by atoms with Gasteiger partial charge in [0.1, 0.15) is 11.9 Å². The van der Waals surface area contributed by atoms with Crippen LogP contribution in [0.4, 0.5) is 0 Å². The molecule has 1 rings (SSSR count). The fourth-order valence-electron chi connectivity index (χ4n) is 1.82. The van der Waals surface area contributed by atoms with Crippen LogP contribution in [-0.2, 0) is 0 Å². The molecule has 0 aliphatic heterocycles. The number of ketones is 1. The van der Waals surface area contributed by atoms with Gasteiger partial charge < -0.3 is 9.84 Å². The Bertz CT molecular complexity index is 420. The Kier molecular flexibility index (Phi) is 3.70. The van der Waals surface area contributed by atoms with Crippen LogP contribution < -0.4 is 4.74 Å². The molecule has 0 saturated carbocycles.